The van der Waals surface area contributed by atoms with Crippen LogP contribution in [0.3, 0.4) is 0 Å². The lowest BCUT2D eigenvalue weighted by atomic mass is 10.3. The van der Waals surface area contributed by atoms with E-state index in [0.717, 1.165) is 15.5 Å². The molecule has 0 saturated heterocycles. The number of rotatable bonds is 7. The maximum atomic E-state index is 12.3. The van der Waals surface area contributed by atoms with Gasteiger partial charge in [-0.1, -0.05) is 42.1 Å². The topological polar surface area (TPSA) is 90.1 Å². The summed E-state index contributed by atoms with van der Waals surface area (Å²) in [4.78, 5) is 24.8. The number of nitro groups is 1. The van der Waals surface area contributed by atoms with E-state index < -0.39 is 4.92 Å². The van der Waals surface area contributed by atoms with Crippen molar-refractivity contribution in [2.24, 2.45) is 0 Å². The number of nitrogens with one attached hydrogen (secondary N) is 1. The maximum absolute atomic E-state index is 12.3. The molecule has 0 saturated carbocycles. The summed E-state index contributed by atoms with van der Waals surface area (Å²) < 4.78 is 1.47. The van der Waals surface area contributed by atoms with Gasteiger partial charge in [-0.15, -0.1) is 0 Å². The van der Waals surface area contributed by atoms with E-state index in [0.29, 0.717) is 5.69 Å². The average Bonchev–Trinajstić information content (AvgIpc) is 3.03. The van der Waals surface area contributed by atoms with Crippen molar-refractivity contribution in [1.29, 1.82) is 0 Å². The molecule has 27 heavy (non-hydrogen) atoms. The Kier molecular flexibility index (Phi) is 5.87. The van der Waals surface area contributed by atoms with Gasteiger partial charge in [-0.2, -0.15) is 5.10 Å². The third kappa shape index (κ3) is 4.73. The summed E-state index contributed by atoms with van der Waals surface area (Å²) in [6.07, 6.45) is 1.38. The quantitative estimate of drug-likeness (QED) is 0.486. The monoisotopic (exact) mass is 382 g/mol. The van der Waals surface area contributed by atoms with Gasteiger partial charge in [0.1, 0.15) is 11.9 Å². The highest BCUT2D eigenvalue weighted by molar-refractivity contribution is 7.99. The van der Waals surface area contributed by atoms with Crippen LogP contribution in [-0.2, 0) is 11.3 Å². The summed E-state index contributed by atoms with van der Waals surface area (Å²) in [6, 6.07) is 17.5. The largest absolute Gasteiger partial charge is 0.325 e. The van der Waals surface area contributed by atoms with Gasteiger partial charge in [-0.3, -0.25) is 19.6 Å². The minimum absolute atomic E-state index is 0.0417. The normalized spacial score (nSPS) is 10.6. The molecule has 0 unspecified atom stereocenters. The van der Waals surface area contributed by atoms with Crippen molar-refractivity contribution in [1.82, 2.24) is 9.78 Å². The molecule has 0 aliphatic heterocycles. The van der Waals surface area contributed by atoms with Crippen LogP contribution in [0.25, 0.3) is 0 Å². The summed E-state index contributed by atoms with van der Waals surface area (Å²) in [7, 11) is 0. The first kappa shape index (κ1) is 18.7. The second kappa shape index (κ2) is 8.50. The van der Waals surface area contributed by atoms with Gasteiger partial charge in [0, 0.05) is 16.2 Å². The first-order chi connectivity index (χ1) is 13.0. The zero-order valence-electron chi connectivity index (χ0n) is 14.7. The molecule has 0 spiro atoms. The van der Waals surface area contributed by atoms with E-state index in [4.69, 9.17) is 0 Å². The van der Waals surface area contributed by atoms with E-state index in [-0.39, 0.29) is 24.6 Å². The fourth-order valence-corrected chi connectivity index (χ4v) is 3.46. The number of aryl methyl sites for hydroxylation is 1. The molecule has 1 heterocycles. The molecule has 0 fully saturated rings. The summed E-state index contributed by atoms with van der Waals surface area (Å²) in [5.41, 5.74) is 1.13. The molecule has 0 aliphatic carbocycles. The second-order valence-electron chi connectivity index (χ2n) is 5.80. The van der Waals surface area contributed by atoms with Gasteiger partial charge in [0.2, 0.25) is 5.91 Å². The van der Waals surface area contributed by atoms with Crippen molar-refractivity contribution in [2.45, 2.75) is 29.7 Å². The fourth-order valence-electron chi connectivity index (χ4n) is 2.54. The van der Waals surface area contributed by atoms with Gasteiger partial charge in [-0.05, 0) is 31.2 Å². The standard InChI is InChI=1S/C19H18N4O3S/c1-14-17(23(25)26)13-20-22(14)12-11-19(24)21-16-9-5-6-10-18(16)27-15-7-3-2-4-8-15/h2-10,13H,11-12H2,1H3,(H,21,24). The Morgan fingerprint density at radius 3 is 2.59 bits per heavy atom. The molecule has 1 amide bonds. The SMILES string of the molecule is Cc1c([N+](=O)[O-])cnn1CCC(=O)Nc1ccccc1Sc1ccccc1. The summed E-state index contributed by atoms with van der Waals surface area (Å²) in [6.45, 7) is 1.90. The van der Waals surface area contributed by atoms with Crippen LogP contribution in [0.2, 0.25) is 0 Å². The molecule has 2 aromatic carbocycles. The Hall–Kier alpha value is -3.13. The molecule has 0 aliphatic rings. The van der Waals surface area contributed by atoms with Crippen LogP contribution in [0.5, 0.6) is 0 Å². The third-order valence-electron chi connectivity index (χ3n) is 3.96. The van der Waals surface area contributed by atoms with Gasteiger partial charge in [0.05, 0.1) is 17.2 Å². The van der Waals surface area contributed by atoms with Crippen LogP contribution in [0.4, 0.5) is 11.4 Å². The molecule has 8 heteroatoms. The molecular formula is C19H18N4O3S. The average molecular weight is 382 g/mol. The number of carbonyl (C=O) groups is 1. The lowest BCUT2D eigenvalue weighted by Gasteiger charge is -2.11. The fraction of sp³-hybridized carbons (Fsp3) is 0.158. The molecule has 7 nitrogen and oxygen atoms in total. The van der Waals surface area contributed by atoms with E-state index >= 15 is 0 Å². The number of amides is 1. The Morgan fingerprint density at radius 2 is 1.89 bits per heavy atom. The zero-order valence-corrected chi connectivity index (χ0v) is 15.5. The second-order valence-corrected chi connectivity index (χ2v) is 6.92. The lowest BCUT2D eigenvalue weighted by molar-refractivity contribution is -0.385. The van der Waals surface area contributed by atoms with Crippen molar-refractivity contribution in [3.63, 3.8) is 0 Å². The molecule has 0 bridgehead atoms. The minimum atomic E-state index is -0.476. The molecule has 0 atom stereocenters. The smallest absolute Gasteiger partial charge is 0.309 e. The number of para-hydroxylation sites is 1. The first-order valence-corrected chi connectivity index (χ1v) is 9.15. The number of anilines is 1. The van der Waals surface area contributed by atoms with E-state index in [1.54, 1.807) is 18.7 Å². The molecule has 3 aromatic rings. The summed E-state index contributed by atoms with van der Waals surface area (Å²) >= 11 is 1.57. The highest BCUT2D eigenvalue weighted by Crippen LogP contribution is 2.33. The Bertz CT molecular complexity index is 957. The first-order valence-electron chi connectivity index (χ1n) is 8.33. The third-order valence-corrected chi connectivity index (χ3v) is 5.04. The van der Waals surface area contributed by atoms with Crippen LogP contribution in [0, 0.1) is 17.0 Å². The summed E-state index contributed by atoms with van der Waals surface area (Å²) in [5, 5.41) is 17.8. The number of carbonyl (C=O) groups excluding carboxylic acids is 1. The van der Waals surface area contributed by atoms with Crippen molar-refractivity contribution >= 4 is 29.0 Å². The van der Waals surface area contributed by atoms with E-state index in [1.807, 2.05) is 54.6 Å². The van der Waals surface area contributed by atoms with Gasteiger partial charge in [0.15, 0.2) is 0 Å². The summed E-state index contributed by atoms with van der Waals surface area (Å²) in [5.74, 6) is -0.173. The highest BCUT2D eigenvalue weighted by atomic mass is 32.2. The maximum Gasteiger partial charge on any atom is 0.309 e. The molecule has 1 aromatic heterocycles. The highest BCUT2D eigenvalue weighted by Gasteiger charge is 2.17. The predicted molar refractivity (Wildman–Crippen MR) is 104 cm³/mol. The predicted octanol–water partition coefficient (Wildman–Crippen LogP) is 4.28. The molecule has 1 N–H and O–H groups in total. The van der Waals surface area contributed by atoms with E-state index in [1.165, 1.54) is 10.9 Å². The van der Waals surface area contributed by atoms with Crippen molar-refractivity contribution in [3.8, 4) is 0 Å². The van der Waals surface area contributed by atoms with Gasteiger partial charge < -0.3 is 5.32 Å². The van der Waals surface area contributed by atoms with Crippen molar-refractivity contribution in [2.75, 3.05) is 5.32 Å². The van der Waals surface area contributed by atoms with Crippen LogP contribution in [0.15, 0.2) is 70.6 Å². The Balaban J connectivity index is 1.64. The Labute approximate surface area is 160 Å². The van der Waals surface area contributed by atoms with Crippen LogP contribution in [0.1, 0.15) is 12.1 Å². The molecule has 138 valence electrons. The number of aromatic nitrogens is 2. The van der Waals surface area contributed by atoms with Crippen LogP contribution < -0.4 is 5.32 Å². The van der Waals surface area contributed by atoms with Crippen LogP contribution >= 0.6 is 11.8 Å². The van der Waals surface area contributed by atoms with Crippen LogP contribution in [-0.4, -0.2) is 20.6 Å². The molecule has 3 rings (SSSR count). The van der Waals surface area contributed by atoms with Gasteiger partial charge in [0.25, 0.3) is 0 Å². The number of hydrogen-bond acceptors (Lipinski definition) is 5. The zero-order chi connectivity index (χ0) is 19.2. The molecule has 0 radical (unpaired) electrons. The minimum Gasteiger partial charge on any atom is -0.325 e. The number of nitrogens with zero attached hydrogens (tertiary/aromatic N) is 3. The number of benzene rings is 2. The van der Waals surface area contributed by atoms with Gasteiger partial charge in [-0.25, -0.2) is 0 Å². The number of hydrogen-bond donors (Lipinski definition) is 1. The van der Waals surface area contributed by atoms with E-state index in [2.05, 4.69) is 10.4 Å². The van der Waals surface area contributed by atoms with E-state index in [9.17, 15) is 14.9 Å². The Morgan fingerprint density at radius 1 is 1.19 bits per heavy atom. The molecular weight excluding hydrogens is 364 g/mol. The van der Waals surface area contributed by atoms with Gasteiger partial charge >= 0.3 is 5.69 Å². The van der Waals surface area contributed by atoms with Crippen molar-refractivity contribution < 1.29 is 9.72 Å². The van der Waals surface area contributed by atoms with Crippen molar-refractivity contribution in [3.05, 3.63) is 76.6 Å². The lowest BCUT2D eigenvalue weighted by Crippen LogP contribution is -2.16.